The minimum Gasteiger partial charge on any atom is -0.477 e. The number of terminal acetylenes is 1. The highest BCUT2D eigenvalue weighted by molar-refractivity contribution is 6.01. The third-order valence-electron chi connectivity index (χ3n) is 4.09. The summed E-state index contributed by atoms with van der Waals surface area (Å²) in [7, 11) is 1.78. The number of nitrogens with one attached hydrogen (secondary N) is 2. The van der Waals surface area contributed by atoms with Crippen LogP contribution in [-0.2, 0) is 0 Å². The fourth-order valence-electron chi connectivity index (χ4n) is 2.80. The van der Waals surface area contributed by atoms with Crippen molar-refractivity contribution in [1.29, 1.82) is 0 Å². The molecular weight excluding hydrogens is 332 g/mol. The molecule has 8 nitrogen and oxygen atoms in total. The number of rotatable bonds is 1. The molecule has 4 heterocycles. The highest BCUT2D eigenvalue weighted by atomic mass is 16.5. The van der Waals surface area contributed by atoms with E-state index < -0.39 is 0 Å². The number of fused-ring (bicyclic) bond motifs is 3. The van der Waals surface area contributed by atoms with E-state index >= 15 is 0 Å². The van der Waals surface area contributed by atoms with Crippen LogP contribution in [0.5, 0.6) is 5.88 Å². The maximum absolute atomic E-state index is 12.6. The maximum atomic E-state index is 12.6. The first-order valence-electron chi connectivity index (χ1n) is 8.17. The summed E-state index contributed by atoms with van der Waals surface area (Å²) in [6.07, 6.45) is 7.91. The second-order valence-corrected chi connectivity index (χ2v) is 5.76. The van der Waals surface area contributed by atoms with Crippen LogP contribution in [0.2, 0.25) is 0 Å². The molecular formula is C18H16N6O2. The van der Waals surface area contributed by atoms with Crippen LogP contribution in [0.25, 0.3) is 5.65 Å². The van der Waals surface area contributed by atoms with Crippen molar-refractivity contribution in [3.63, 3.8) is 0 Å². The molecule has 3 aromatic rings. The van der Waals surface area contributed by atoms with Gasteiger partial charge in [0, 0.05) is 19.5 Å². The minimum atomic E-state index is -0.0357. The third kappa shape index (κ3) is 2.69. The summed E-state index contributed by atoms with van der Waals surface area (Å²) >= 11 is 0. The van der Waals surface area contributed by atoms with E-state index in [4.69, 9.17) is 11.2 Å². The van der Waals surface area contributed by atoms with Crippen LogP contribution >= 0.6 is 0 Å². The van der Waals surface area contributed by atoms with E-state index in [0.29, 0.717) is 59.6 Å². The van der Waals surface area contributed by atoms with Gasteiger partial charge in [0.1, 0.15) is 17.5 Å². The van der Waals surface area contributed by atoms with Gasteiger partial charge in [-0.05, 0) is 18.6 Å². The molecule has 0 atom stereocenters. The maximum Gasteiger partial charge on any atom is 0.231 e. The summed E-state index contributed by atoms with van der Waals surface area (Å²) in [5.74, 6) is 4.66. The van der Waals surface area contributed by atoms with Crippen LogP contribution < -0.4 is 15.4 Å². The van der Waals surface area contributed by atoms with Gasteiger partial charge in [-0.1, -0.05) is 5.92 Å². The van der Waals surface area contributed by atoms with Gasteiger partial charge in [0.25, 0.3) is 0 Å². The normalized spacial score (nSPS) is 13.8. The van der Waals surface area contributed by atoms with Crippen molar-refractivity contribution in [2.24, 2.45) is 0 Å². The number of ketones is 1. The second-order valence-electron chi connectivity index (χ2n) is 5.76. The van der Waals surface area contributed by atoms with Crippen LogP contribution in [0.1, 0.15) is 28.8 Å². The zero-order chi connectivity index (χ0) is 18.1. The Morgan fingerprint density at radius 3 is 3.04 bits per heavy atom. The quantitative estimate of drug-likeness (QED) is 0.651. The van der Waals surface area contributed by atoms with Crippen LogP contribution in [0, 0.1) is 12.3 Å². The van der Waals surface area contributed by atoms with Gasteiger partial charge in [-0.25, -0.2) is 4.98 Å². The summed E-state index contributed by atoms with van der Waals surface area (Å²) in [5.41, 5.74) is 1.53. The predicted molar refractivity (Wildman–Crippen MR) is 97.0 cm³/mol. The minimum absolute atomic E-state index is 0.0357. The van der Waals surface area contributed by atoms with Gasteiger partial charge in [-0.2, -0.15) is 14.6 Å². The Balaban J connectivity index is 1.88. The molecule has 0 saturated carbocycles. The smallest absolute Gasteiger partial charge is 0.231 e. The lowest BCUT2D eigenvalue weighted by atomic mass is 10.1. The van der Waals surface area contributed by atoms with Crippen molar-refractivity contribution in [3.05, 3.63) is 35.5 Å². The Labute approximate surface area is 149 Å². The second kappa shape index (κ2) is 6.37. The predicted octanol–water partition coefficient (Wildman–Crippen LogP) is 2.25. The SMILES string of the molecule is C#Cc1ccc2nc1OCCCC(=O)c1cnn3c(NC)cc(nc13)N2. The molecule has 4 rings (SSSR count). The molecule has 0 aromatic carbocycles. The number of Topliss-reactive ketones (excluding diaryl/α,β-unsaturated/α-hetero) is 1. The standard InChI is InChI=1S/C18H16N6O2/c1-3-11-6-7-14-21-15-9-16(19-2)24-17(22-15)12(10-20-24)13(25)5-4-8-26-18(11)23-14/h1,6-7,9-10,19H,4-5,8H2,2H3,(H,21,22,23). The van der Waals surface area contributed by atoms with Gasteiger partial charge < -0.3 is 15.4 Å². The number of aromatic nitrogens is 4. The van der Waals surface area contributed by atoms with Crippen molar-refractivity contribution < 1.29 is 9.53 Å². The van der Waals surface area contributed by atoms with Gasteiger partial charge in [0.2, 0.25) is 5.88 Å². The Bertz CT molecular complexity index is 1050. The van der Waals surface area contributed by atoms with Crippen LogP contribution in [0.4, 0.5) is 17.5 Å². The van der Waals surface area contributed by atoms with Crippen LogP contribution in [-0.4, -0.2) is 39.0 Å². The molecule has 0 unspecified atom stereocenters. The molecule has 4 bridgehead atoms. The number of pyridine rings is 1. The molecule has 1 aliphatic heterocycles. The van der Waals surface area contributed by atoms with E-state index in [9.17, 15) is 4.79 Å². The van der Waals surface area contributed by atoms with E-state index in [2.05, 4.69) is 31.6 Å². The largest absolute Gasteiger partial charge is 0.477 e. The topological polar surface area (TPSA) is 93.4 Å². The Kier molecular flexibility index (Phi) is 3.89. The highest BCUT2D eigenvalue weighted by Crippen LogP contribution is 2.25. The Morgan fingerprint density at radius 1 is 1.35 bits per heavy atom. The average Bonchev–Trinajstić information content (AvgIpc) is 3.08. The lowest BCUT2D eigenvalue weighted by Gasteiger charge is -2.11. The molecule has 130 valence electrons. The molecule has 0 saturated heterocycles. The third-order valence-corrected chi connectivity index (χ3v) is 4.09. The molecule has 0 aliphatic carbocycles. The van der Waals surface area contributed by atoms with Crippen LogP contribution in [0.3, 0.4) is 0 Å². The lowest BCUT2D eigenvalue weighted by Crippen LogP contribution is -2.06. The number of hydrogen-bond acceptors (Lipinski definition) is 7. The van der Waals surface area contributed by atoms with Crippen molar-refractivity contribution in [2.45, 2.75) is 12.8 Å². The molecule has 1 aliphatic rings. The summed E-state index contributed by atoms with van der Waals surface area (Å²) < 4.78 is 7.30. The van der Waals surface area contributed by atoms with Crippen molar-refractivity contribution >= 4 is 28.9 Å². The van der Waals surface area contributed by atoms with Crippen molar-refractivity contribution in [1.82, 2.24) is 19.6 Å². The number of anilines is 3. The Morgan fingerprint density at radius 2 is 2.23 bits per heavy atom. The van der Waals surface area contributed by atoms with Gasteiger partial charge in [0.05, 0.1) is 23.9 Å². The molecule has 0 spiro atoms. The highest BCUT2D eigenvalue weighted by Gasteiger charge is 2.18. The van der Waals surface area contributed by atoms with Crippen molar-refractivity contribution in [2.75, 3.05) is 24.3 Å². The first-order valence-corrected chi connectivity index (χ1v) is 8.17. The lowest BCUT2D eigenvalue weighted by molar-refractivity contribution is 0.0974. The van der Waals surface area contributed by atoms with E-state index in [0.717, 1.165) is 0 Å². The van der Waals surface area contributed by atoms with Gasteiger partial charge in [0.15, 0.2) is 11.4 Å². The number of carbonyl (C=O) groups excluding carboxylic acids is 1. The number of hydrogen-bond donors (Lipinski definition) is 2. The first kappa shape index (κ1) is 15.9. The van der Waals surface area contributed by atoms with E-state index in [-0.39, 0.29) is 5.78 Å². The van der Waals surface area contributed by atoms with E-state index in [1.54, 1.807) is 36.0 Å². The number of nitrogens with zero attached hydrogens (tertiary/aromatic N) is 4. The Hall–Kier alpha value is -3.60. The average molecular weight is 348 g/mol. The molecule has 2 N–H and O–H groups in total. The van der Waals surface area contributed by atoms with Gasteiger partial charge in [-0.3, -0.25) is 4.79 Å². The van der Waals surface area contributed by atoms with Crippen LogP contribution in [0.15, 0.2) is 24.4 Å². The summed E-state index contributed by atoms with van der Waals surface area (Å²) in [5, 5.41) is 10.5. The summed E-state index contributed by atoms with van der Waals surface area (Å²) in [6, 6.07) is 5.30. The molecule has 0 amide bonds. The fraction of sp³-hybridized carbons (Fsp3) is 0.222. The molecule has 0 fully saturated rings. The summed E-state index contributed by atoms with van der Waals surface area (Å²) in [6.45, 7) is 0.341. The summed E-state index contributed by atoms with van der Waals surface area (Å²) in [4.78, 5) is 21.5. The van der Waals surface area contributed by atoms with E-state index in [1.165, 1.54) is 0 Å². The monoisotopic (exact) mass is 348 g/mol. The van der Waals surface area contributed by atoms with Gasteiger partial charge in [-0.15, -0.1) is 6.42 Å². The molecule has 0 radical (unpaired) electrons. The number of ether oxygens (including phenoxy) is 1. The number of carbonyl (C=O) groups is 1. The van der Waals surface area contributed by atoms with Gasteiger partial charge >= 0.3 is 0 Å². The zero-order valence-electron chi connectivity index (χ0n) is 14.1. The zero-order valence-corrected chi connectivity index (χ0v) is 14.1. The fourth-order valence-corrected chi connectivity index (χ4v) is 2.80. The molecule has 8 heteroatoms. The van der Waals surface area contributed by atoms with Crippen molar-refractivity contribution in [3.8, 4) is 18.2 Å². The first-order chi connectivity index (χ1) is 12.7. The molecule has 26 heavy (non-hydrogen) atoms. The molecule has 3 aromatic heterocycles. The van der Waals surface area contributed by atoms with E-state index in [1.807, 2.05) is 0 Å².